The van der Waals surface area contributed by atoms with Crippen molar-refractivity contribution >= 4 is 33.3 Å². The van der Waals surface area contributed by atoms with E-state index >= 15 is 0 Å². The number of anilines is 1. The van der Waals surface area contributed by atoms with Crippen LogP contribution < -0.4 is 10.0 Å². The van der Waals surface area contributed by atoms with Gasteiger partial charge in [0.05, 0.1) is 17.1 Å². The van der Waals surface area contributed by atoms with Gasteiger partial charge in [-0.25, -0.2) is 8.42 Å². The van der Waals surface area contributed by atoms with Crippen molar-refractivity contribution in [2.45, 2.75) is 17.7 Å². The zero-order valence-corrected chi connectivity index (χ0v) is 21.5. The Labute approximate surface area is 221 Å². The number of nitrogens with one attached hydrogen (secondary N) is 2. The molecule has 1 aliphatic rings. The topological polar surface area (TPSA) is 133 Å². The third-order valence-corrected chi connectivity index (χ3v) is 7.79. The zero-order valence-electron chi connectivity index (χ0n) is 20.7. The maximum atomic E-state index is 13.0. The summed E-state index contributed by atoms with van der Waals surface area (Å²) in [5.74, 6) is -1.01. The third-order valence-electron chi connectivity index (χ3n) is 6.41. The first-order valence-corrected chi connectivity index (χ1v) is 13.8. The van der Waals surface area contributed by atoms with Gasteiger partial charge < -0.3 is 15.3 Å². The van der Waals surface area contributed by atoms with E-state index in [1.807, 2.05) is 0 Å². The average molecular weight is 536 g/mol. The molecule has 1 aliphatic heterocycles. The number of carbonyl (C=O) groups excluding carboxylic acids is 3. The molecule has 38 heavy (non-hydrogen) atoms. The fraction of sp³-hybridized carbons (Fsp3) is 0.250. The monoisotopic (exact) mass is 535 g/mol. The molecule has 0 saturated carbocycles. The van der Waals surface area contributed by atoms with E-state index in [-0.39, 0.29) is 52.5 Å². The summed E-state index contributed by atoms with van der Waals surface area (Å²) in [6, 6.07) is 20.2. The second-order valence-corrected chi connectivity index (χ2v) is 10.8. The molecule has 1 atom stereocenters. The molecule has 0 radical (unpaired) electrons. The van der Waals surface area contributed by atoms with Gasteiger partial charge in [-0.15, -0.1) is 0 Å². The lowest BCUT2D eigenvalue weighted by atomic mass is 9.99. The molecular weight excluding hydrogens is 506 g/mol. The van der Waals surface area contributed by atoms with E-state index in [0.717, 1.165) is 12.8 Å². The van der Waals surface area contributed by atoms with Crippen LogP contribution in [0.15, 0.2) is 83.8 Å². The minimum Gasteiger partial charge on any atom is -0.396 e. The second-order valence-electron chi connectivity index (χ2n) is 9.08. The second kappa shape index (κ2) is 12.0. The fourth-order valence-electron chi connectivity index (χ4n) is 4.31. The lowest BCUT2D eigenvalue weighted by molar-refractivity contribution is -0.132. The highest BCUT2D eigenvalue weighted by Gasteiger charge is 2.24. The fourth-order valence-corrected chi connectivity index (χ4v) is 5.39. The van der Waals surface area contributed by atoms with Crippen LogP contribution in [0, 0.1) is 5.92 Å². The Bertz CT molecular complexity index is 1410. The molecule has 4 rings (SSSR count). The van der Waals surface area contributed by atoms with Crippen LogP contribution in [0.25, 0.3) is 0 Å². The quantitative estimate of drug-likeness (QED) is 0.361. The third kappa shape index (κ3) is 6.45. The van der Waals surface area contributed by atoms with E-state index < -0.39 is 15.9 Å². The zero-order chi connectivity index (χ0) is 27.1. The number of rotatable bonds is 9. The normalized spacial score (nSPS) is 15.5. The van der Waals surface area contributed by atoms with Gasteiger partial charge in [-0.05, 0) is 55.2 Å². The lowest BCUT2D eigenvalue weighted by Crippen LogP contribution is -2.45. The molecule has 0 bridgehead atoms. The number of amides is 2. The summed E-state index contributed by atoms with van der Waals surface area (Å²) in [6.45, 7) is 0.885. The minimum absolute atomic E-state index is 0.0230. The average Bonchev–Trinajstić information content (AvgIpc) is 2.96. The van der Waals surface area contributed by atoms with Gasteiger partial charge in [0.2, 0.25) is 5.91 Å². The summed E-state index contributed by atoms with van der Waals surface area (Å²) in [7, 11) is -4.06. The van der Waals surface area contributed by atoms with Crippen LogP contribution in [0.4, 0.5) is 5.69 Å². The van der Waals surface area contributed by atoms with Gasteiger partial charge in [0.1, 0.15) is 0 Å². The molecule has 1 saturated heterocycles. The summed E-state index contributed by atoms with van der Waals surface area (Å²) in [5.41, 5.74) is 0.981. The number of para-hydroxylation sites is 1. The molecule has 0 aliphatic carbocycles. The Kier molecular flexibility index (Phi) is 8.55. The Morgan fingerprint density at radius 2 is 1.58 bits per heavy atom. The summed E-state index contributed by atoms with van der Waals surface area (Å²) < 4.78 is 28.6. The molecule has 1 fully saturated rings. The molecule has 10 heteroatoms. The van der Waals surface area contributed by atoms with E-state index in [1.165, 1.54) is 30.3 Å². The van der Waals surface area contributed by atoms with E-state index in [9.17, 15) is 27.9 Å². The highest BCUT2D eigenvalue weighted by atomic mass is 32.2. The summed E-state index contributed by atoms with van der Waals surface area (Å²) in [4.78, 5) is 39.5. The number of carbonyl (C=O) groups is 3. The van der Waals surface area contributed by atoms with Crippen LogP contribution in [0.2, 0.25) is 0 Å². The number of benzene rings is 3. The first-order valence-electron chi connectivity index (χ1n) is 12.3. The molecule has 198 valence electrons. The number of sulfonamides is 1. The highest BCUT2D eigenvalue weighted by Crippen LogP contribution is 2.23. The maximum absolute atomic E-state index is 13.0. The minimum atomic E-state index is -4.06. The summed E-state index contributed by atoms with van der Waals surface area (Å²) >= 11 is 0. The number of hydrogen-bond donors (Lipinski definition) is 3. The van der Waals surface area contributed by atoms with Crippen molar-refractivity contribution in [2.24, 2.45) is 5.92 Å². The van der Waals surface area contributed by atoms with Crippen LogP contribution in [0.1, 0.15) is 39.1 Å². The molecule has 1 unspecified atom stereocenters. The first kappa shape index (κ1) is 27.0. The van der Waals surface area contributed by atoms with E-state index in [2.05, 4.69) is 10.0 Å². The molecule has 3 aromatic carbocycles. The van der Waals surface area contributed by atoms with Crippen LogP contribution in [-0.4, -0.2) is 62.3 Å². The predicted octanol–water partition coefficient (Wildman–Crippen LogP) is 2.68. The van der Waals surface area contributed by atoms with Gasteiger partial charge in [-0.3, -0.25) is 19.1 Å². The van der Waals surface area contributed by atoms with Crippen molar-refractivity contribution in [2.75, 3.05) is 31.0 Å². The number of ketones is 1. The molecular formula is C28H29N3O6S. The van der Waals surface area contributed by atoms with Gasteiger partial charge in [0.15, 0.2) is 5.78 Å². The summed E-state index contributed by atoms with van der Waals surface area (Å²) in [6.07, 6.45) is 1.67. The molecule has 0 spiro atoms. The van der Waals surface area contributed by atoms with Gasteiger partial charge in [0.25, 0.3) is 15.9 Å². The predicted molar refractivity (Wildman–Crippen MR) is 142 cm³/mol. The first-order chi connectivity index (χ1) is 18.3. The Morgan fingerprint density at radius 3 is 2.29 bits per heavy atom. The maximum Gasteiger partial charge on any atom is 0.261 e. The molecule has 0 aromatic heterocycles. The number of nitrogens with zero attached hydrogens (tertiary/aromatic N) is 1. The Morgan fingerprint density at radius 1 is 0.895 bits per heavy atom. The van der Waals surface area contributed by atoms with Crippen molar-refractivity contribution in [3.63, 3.8) is 0 Å². The van der Waals surface area contributed by atoms with Crippen LogP contribution in [0.3, 0.4) is 0 Å². The van der Waals surface area contributed by atoms with Crippen molar-refractivity contribution in [1.82, 2.24) is 10.2 Å². The lowest BCUT2D eigenvalue weighted by Gasteiger charge is -2.31. The molecule has 2 amide bonds. The van der Waals surface area contributed by atoms with Crippen LogP contribution >= 0.6 is 0 Å². The van der Waals surface area contributed by atoms with Crippen molar-refractivity contribution in [1.29, 1.82) is 0 Å². The smallest absolute Gasteiger partial charge is 0.261 e. The largest absolute Gasteiger partial charge is 0.396 e. The Balaban J connectivity index is 1.40. The van der Waals surface area contributed by atoms with Crippen molar-refractivity contribution < 1.29 is 27.9 Å². The van der Waals surface area contributed by atoms with E-state index in [0.29, 0.717) is 18.7 Å². The number of aliphatic hydroxyl groups excluding tert-OH is 1. The number of likely N-dealkylation sites (tertiary alicyclic amines) is 1. The molecule has 3 N–H and O–H groups in total. The van der Waals surface area contributed by atoms with Crippen LogP contribution in [-0.2, 0) is 14.8 Å². The SMILES string of the molecule is O=C(NCC(=O)N1CCCC(CO)C1)c1ccc(S(=O)(=O)Nc2ccccc2C(=O)c2ccccc2)cc1. The van der Waals surface area contributed by atoms with Gasteiger partial charge in [0, 0.05) is 36.4 Å². The molecule has 3 aromatic rings. The molecule has 9 nitrogen and oxygen atoms in total. The Hall–Kier alpha value is -4.02. The van der Waals surface area contributed by atoms with Gasteiger partial charge in [-0.1, -0.05) is 42.5 Å². The number of piperidine rings is 1. The number of hydrogen-bond acceptors (Lipinski definition) is 6. The van der Waals surface area contributed by atoms with Crippen molar-refractivity contribution in [3.8, 4) is 0 Å². The van der Waals surface area contributed by atoms with E-state index in [1.54, 1.807) is 53.4 Å². The number of aliphatic hydroxyl groups is 1. The standard InChI is InChI=1S/C28H29N3O6S/c32-19-20-7-6-16-31(18-20)26(33)17-29-28(35)22-12-14-23(15-13-22)38(36,37)30-25-11-5-4-10-24(25)27(34)21-8-2-1-3-9-21/h1-5,8-15,20,30,32H,6-7,16-19H2,(H,29,35). The molecule has 1 heterocycles. The van der Waals surface area contributed by atoms with Crippen molar-refractivity contribution in [3.05, 3.63) is 95.6 Å². The van der Waals surface area contributed by atoms with Gasteiger partial charge >= 0.3 is 0 Å². The summed E-state index contributed by atoms with van der Waals surface area (Å²) in [5, 5.41) is 11.9. The van der Waals surface area contributed by atoms with Gasteiger partial charge in [-0.2, -0.15) is 0 Å². The van der Waals surface area contributed by atoms with E-state index in [4.69, 9.17) is 0 Å². The highest BCUT2D eigenvalue weighted by molar-refractivity contribution is 7.92. The van der Waals surface area contributed by atoms with Crippen LogP contribution in [0.5, 0.6) is 0 Å².